The lowest BCUT2D eigenvalue weighted by molar-refractivity contribution is -0.126. The summed E-state index contributed by atoms with van der Waals surface area (Å²) in [5.41, 5.74) is 0.0969. The number of carbonyl (C=O) groups excluding carboxylic acids is 2. The van der Waals surface area contributed by atoms with Crippen LogP contribution in [0, 0.1) is 17.7 Å². The van der Waals surface area contributed by atoms with Crippen molar-refractivity contribution in [2.45, 2.75) is 25.7 Å². The molecule has 0 atom stereocenters. The number of rotatable bonds is 5. The van der Waals surface area contributed by atoms with E-state index in [9.17, 15) is 22.4 Å². The first-order chi connectivity index (χ1) is 13.8. The third-order valence-electron chi connectivity index (χ3n) is 5.86. The lowest BCUT2D eigenvalue weighted by Gasteiger charge is -2.33. The second kappa shape index (κ2) is 9.21. The van der Waals surface area contributed by atoms with Gasteiger partial charge in [-0.1, -0.05) is 12.1 Å². The predicted molar refractivity (Wildman–Crippen MR) is 107 cm³/mol. The second-order valence-corrected chi connectivity index (χ2v) is 9.88. The van der Waals surface area contributed by atoms with Crippen molar-refractivity contribution in [1.82, 2.24) is 14.5 Å². The molecule has 7 nitrogen and oxygen atoms in total. The standard InChI is InChI=1S/C20H28FN3O4S/c1-29(27,28)24-12-8-16(9-13-24)19(25)22-14-15-6-10-23(11-7-15)20(26)17-4-2-3-5-18(17)21/h2-5,15-16H,6-14H2,1H3,(H,22,25). The molecule has 0 spiro atoms. The number of hydrogen-bond acceptors (Lipinski definition) is 4. The van der Waals surface area contributed by atoms with Crippen LogP contribution < -0.4 is 5.32 Å². The van der Waals surface area contributed by atoms with Crippen molar-refractivity contribution < 1.29 is 22.4 Å². The maximum absolute atomic E-state index is 13.8. The molecule has 0 unspecified atom stereocenters. The van der Waals surface area contributed by atoms with Crippen LogP contribution in [0.1, 0.15) is 36.0 Å². The van der Waals surface area contributed by atoms with Gasteiger partial charge in [0.25, 0.3) is 5.91 Å². The zero-order chi connectivity index (χ0) is 21.0. The lowest BCUT2D eigenvalue weighted by Crippen LogP contribution is -2.45. The molecule has 160 valence electrons. The van der Waals surface area contributed by atoms with Crippen molar-refractivity contribution in [2.24, 2.45) is 11.8 Å². The molecule has 2 heterocycles. The minimum atomic E-state index is -3.19. The Hall–Kier alpha value is -2.00. The molecule has 0 radical (unpaired) electrons. The van der Waals surface area contributed by atoms with E-state index in [1.165, 1.54) is 22.7 Å². The highest BCUT2D eigenvalue weighted by Gasteiger charge is 2.30. The minimum Gasteiger partial charge on any atom is -0.356 e. The Bertz CT molecular complexity index is 845. The number of nitrogens with one attached hydrogen (secondary N) is 1. The molecule has 1 aromatic carbocycles. The van der Waals surface area contributed by atoms with E-state index in [0.717, 1.165) is 12.8 Å². The summed E-state index contributed by atoms with van der Waals surface area (Å²) in [7, 11) is -3.19. The van der Waals surface area contributed by atoms with Crippen LogP contribution in [0.15, 0.2) is 24.3 Å². The molecule has 1 aromatic rings. The van der Waals surface area contributed by atoms with E-state index in [1.54, 1.807) is 17.0 Å². The Morgan fingerprint density at radius 1 is 1.07 bits per heavy atom. The average molecular weight is 426 g/mol. The molecule has 2 aliphatic heterocycles. The summed E-state index contributed by atoms with van der Waals surface area (Å²) in [6.45, 7) is 2.40. The number of nitrogens with zero attached hydrogens (tertiary/aromatic N) is 2. The van der Waals surface area contributed by atoms with Crippen LogP contribution in [-0.4, -0.2) is 68.4 Å². The van der Waals surface area contributed by atoms with Crippen molar-refractivity contribution in [3.63, 3.8) is 0 Å². The summed E-state index contributed by atoms with van der Waals surface area (Å²) < 4.78 is 38.3. The van der Waals surface area contributed by atoms with Gasteiger partial charge in [0.15, 0.2) is 0 Å². The zero-order valence-corrected chi connectivity index (χ0v) is 17.5. The number of carbonyl (C=O) groups is 2. The van der Waals surface area contributed by atoms with Gasteiger partial charge >= 0.3 is 0 Å². The van der Waals surface area contributed by atoms with Gasteiger partial charge in [0, 0.05) is 38.6 Å². The van der Waals surface area contributed by atoms with E-state index in [2.05, 4.69) is 5.32 Å². The summed E-state index contributed by atoms with van der Waals surface area (Å²) in [6.07, 6.45) is 3.78. The SMILES string of the molecule is CS(=O)(=O)N1CCC(C(=O)NCC2CCN(C(=O)c3ccccc3F)CC2)CC1. The minimum absolute atomic E-state index is 0.0250. The second-order valence-electron chi connectivity index (χ2n) is 7.90. The Morgan fingerprint density at radius 3 is 2.28 bits per heavy atom. The summed E-state index contributed by atoms with van der Waals surface area (Å²) >= 11 is 0. The number of hydrogen-bond donors (Lipinski definition) is 1. The summed E-state index contributed by atoms with van der Waals surface area (Å²) in [6, 6.07) is 6.00. The lowest BCUT2D eigenvalue weighted by atomic mass is 9.94. The van der Waals surface area contributed by atoms with Crippen molar-refractivity contribution in [1.29, 1.82) is 0 Å². The molecular weight excluding hydrogens is 397 g/mol. The van der Waals surface area contributed by atoms with E-state index in [1.807, 2.05) is 0 Å². The van der Waals surface area contributed by atoms with Gasteiger partial charge in [-0.25, -0.2) is 17.1 Å². The fourth-order valence-electron chi connectivity index (χ4n) is 3.98. The average Bonchev–Trinajstić information content (AvgIpc) is 2.72. The first-order valence-electron chi connectivity index (χ1n) is 10.0. The van der Waals surface area contributed by atoms with E-state index in [-0.39, 0.29) is 29.2 Å². The van der Waals surface area contributed by atoms with E-state index >= 15 is 0 Å². The first-order valence-corrected chi connectivity index (χ1v) is 11.9. The van der Waals surface area contributed by atoms with Crippen molar-refractivity contribution in [3.05, 3.63) is 35.6 Å². The van der Waals surface area contributed by atoms with Crippen LogP contribution in [0.4, 0.5) is 4.39 Å². The van der Waals surface area contributed by atoms with Gasteiger partial charge in [-0.15, -0.1) is 0 Å². The quantitative estimate of drug-likeness (QED) is 0.774. The van der Waals surface area contributed by atoms with Crippen LogP contribution >= 0.6 is 0 Å². The van der Waals surface area contributed by atoms with Gasteiger partial charge < -0.3 is 10.2 Å². The van der Waals surface area contributed by atoms with Gasteiger partial charge in [0.1, 0.15) is 5.82 Å². The smallest absolute Gasteiger partial charge is 0.256 e. The Kier molecular flexibility index (Phi) is 6.89. The summed E-state index contributed by atoms with van der Waals surface area (Å²) in [5, 5.41) is 2.99. The number of likely N-dealkylation sites (tertiary alicyclic amines) is 1. The topological polar surface area (TPSA) is 86.8 Å². The number of sulfonamides is 1. The van der Waals surface area contributed by atoms with E-state index in [0.29, 0.717) is 45.6 Å². The molecule has 0 saturated carbocycles. The highest BCUT2D eigenvalue weighted by atomic mass is 32.2. The third kappa shape index (κ3) is 5.54. The largest absolute Gasteiger partial charge is 0.356 e. The molecule has 3 rings (SSSR count). The summed E-state index contributed by atoms with van der Waals surface area (Å²) in [5.74, 6) is -0.699. The maximum atomic E-state index is 13.8. The van der Waals surface area contributed by atoms with Crippen LogP contribution in [0.5, 0.6) is 0 Å². The van der Waals surface area contributed by atoms with Crippen LogP contribution in [-0.2, 0) is 14.8 Å². The van der Waals surface area contributed by atoms with Crippen LogP contribution in [0.2, 0.25) is 0 Å². The molecule has 2 saturated heterocycles. The third-order valence-corrected chi connectivity index (χ3v) is 7.17. The van der Waals surface area contributed by atoms with Gasteiger partial charge in [-0.05, 0) is 43.7 Å². The first kappa shape index (κ1) is 21.7. The van der Waals surface area contributed by atoms with Gasteiger partial charge in [0.2, 0.25) is 15.9 Å². The number of piperidine rings is 2. The van der Waals surface area contributed by atoms with Crippen molar-refractivity contribution >= 4 is 21.8 Å². The molecule has 0 aliphatic carbocycles. The van der Waals surface area contributed by atoms with E-state index < -0.39 is 15.8 Å². The highest BCUT2D eigenvalue weighted by Crippen LogP contribution is 2.22. The molecule has 0 aromatic heterocycles. The Balaban J connectivity index is 1.41. The number of halogens is 1. The van der Waals surface area contributed by atoms with Gasteiger partial charge in [-0.3, -0.25) is 9.59 Å². The fourth-order valence-corrected chi connectivity index (χ4v) is 4.86. The van der Waals surface area contributed by atoms with Gasteiger partial charge in [0.05, 0.1) is 11.8 Å². The monoisotopic (exact) mass is 425 g/mol. The van der Waals surface area contributed by atoms with E-state index in [4.69, 9.17) is 0 Å². The highest BCUT2D eigenvalue weighted by molar-refractivity contribution is 7.88. The molecule has 29 heavy (non-hydrogen) atoms. The zero-order valence-electron chi connectivity index (χ0n) is 16.6. The molecule has 2 fully saturated rings. The maximum Gasteiger partial charge on any atom is 0.256 e. The molecule has 0 bridgehead atoms. The normalized spacial score (nSPS) is 19.9. The van der Waals surface area contributed by atoms with Crippen LogP contribution in [0.25, 0.3) is 0 Å². The fraction of sp³-hybridized carbons (Fsp3) is 0.600. The molecular formula is C20H28FN3O4S. The van der Waals surface area contributed by atoms with Crippen molar-refractivity contribution in [2.75, 3.05) is 39.0 Å². The Labute approximate surface area is 171 Å². The Morgan fingerprint density at radius 2 is 1.69 bits per heavy atom. The molecule has 2 amide bonds. The van der Waals surface area contributed by atoms with Crippen LogP contribution in [0.3, 0.4) is 0 Å². The predicted octanol–water partition coefficient (Wildman–Crippen LogP) is 1.47. The molecule has 1 N–H and O–H groups in total. The molecule has 9 heteroatoms. The summed E-state index contributed by atoms with van der Waals surface area (Å²) in [4.78, 5) is 26.5. The number of benzene rings is 1. The van der Waals surface area contributed by atoms with Gasteiger partial charge in [-0.2, -0.15) is 0 Å². The number of amides is 2. The molecule has 2 aliphatic rings. The van der Waals surface area contributed by atoms with Crippen molar-refractivity contribution in [3.8, 4) is 0 Å².